The van der Waals surface area contributed by atoms with Gasteiger partial charge in [0.2, 0.25) is 0 Å². The molecule has 6 nitrogen and oxygen atoms in total. The van der Waals surface area contributed by atoms with E-state index in [2.05, 4.69) is 17.0 Å². The molecule has 1 aromatic carbocycles. The van der Waals surface area contributed by atoms with Gasteiger partial charge in [0, 0.05) is 41.5 Å². The lowest BCUT2D eigenvalue weighted by Crippen LogP contribution is -2.34. The van der Waals surface area contributed by atoms with Crippen LogP contribution in [0.1, 0.15) is 44.7 Å². The standard InChI is InChI=1S/C24H33N3O3S/c1-17(2)27-24(28)21-11-15-31-23(21)22(25-27)18-7-9-20(10-8-18)30-14-5-13-26-12-4-6-19(26)16-29-3/h7-10,17,19H,4-6,11-16H2,1-3H3/t19-/m1/s1. The first-order valence-corrected chi connectivity index (χ1v) is 12.3. The molecule has 0 unspecified atom stereocenters. The SMILES string of the molecule is COC[C@H]1CCCN1CCCOc1ccc(-c2nn(C(C)C)c(=O)c3c2SCC3)cc1. The van der Waals surface area contributed by atoms with E-state index in [0.29, 0.717) is 12.6 Å². The Kier molecular flexibility index (Phi) is 7.35. The van der Waals surface area contributed by atoms with Gasteiger partial charge < -0.3 is 9.47 Å². The minimum Gasteiger partial charge on any atom is -0.494 e. The molecule has 7 heteroatoms. The molecule has 0 N–H and O–H groups in total. The lowest BCUT2D eigenvalue weighted by Gasteiger charge is -2.23. The smallest absolute Gasteiger partial charge is 0.271 e. The van der Waals surface area contributed by atoms with E-state index in [1.807, 2.05) is 26.0 Å². The van der Waals surface area contributed by atoms with E-state index >= 15 is 0 Å². The van der Waals surface area contributed by atoms with Crippen molar-refractivity contribution in [3.63, 3.8) is 0 Å². The summed E-state index contributed by atoms with van der Waals surface area (Å²) in [5.74, 6) is 1.82. The molecular formula is C24H33N3O3S. The number of thioether (sulfide) groups is 1. The molecular weight excluding hydrogens is 410 g/mol. The third kappa shape index (κ3) is 4.99. The van der Waals surface area contributed by atoms with Crippen molar-refractivity contribution in [1.29, 1.82) is 0 Å². The minimum atomic E-state index is 0.0452. The van der Waals surface area contributed by atoms with Crippen molar-refractivity contribution < 1.29 is 9.47 Å². The van der Waals surface area contributed by atoms with E-state index in [-0.39, 0.29) is 11.6 Å². The monoisotopic (exact) mass is 443 g/mol. The molecule has 2 aliphatic rings. The highest BCUT2D eigenvalue weighted by molar-refractivity contribution is 7.99. The van der Waals surface area contributed by atoms with Crippen LogP contribution in [0, 0.1) is 0 Å². The summed E-state index contributed by atoms with van der Waals surface area (Å²) in [6, 6.07) is 8.74. The van der Waals surface area contributed by atoms with Gasteiger partial charge in [-0.15, -0.1) is 11.8 Å². The van der Waals surface area contributed by atoms with Crippen molar-refractivity contribution in [2.75, 3.05) is 39.2 Å². The van der Waals surface area contributed by atoms with E-state index in [4.69, 9.17) is 14.6 Å². The summed E-state index contributed by atoms with van der Waals surface area (Å²) >= 11 is 1.74. The van der Waals surface area contributed by atoms with Gasteiger partial charge in [0.05, 0.1) is 19.3 Å². The van der Waals surface area contributed by atoms with Gasteiger partial charge >= 0.3 is 0 Å². The molecule has 0 saturated carbocycles. The highest BCUT2D eigenvalue weighted by Gasteiger charge is 2.25. The summed E-state index contributed by atoms with van der Waals surface area (Å²) < 4.78 is 12.9. The molecule has 0 aliphatic carbocycles. The molecule has 0 bridgehead atoms. The zero-order valence-electron chi connectivity index (χ0n) is 18.8. The highest BCUT2D eigenvalue weighted by atomic mass is 32.2. The van der Waals surface area contributed by atoms with Crippen molar-refractivity contribution >= 4 is 11.8 Å². The average Bonchev–Trinajstić information content (AvgIpc) is 3.42. The fourth-order valence-corrected chi connectivity index (χ4v) is 5.65. The number of nitrogens with zero attached hydrogens (tertiary/aromatic N) is 3. The van der Waals surface area contributed by atoms with Crippen molar-refractivity contribution in [1.82, 2.24) is 14.7 Å². The van der Waals surface area contributed by atoms with Gasteiger partial charge in [-0.2, -0.15) is 5.10 Å². The molecule has 31 heavy (non-hydrogen) atoms. The number of likely N-dealkylation sites (tertiary alicyclic amines) is 1. The molecule has 2 aliphatic heterocycles. The Morgan fingerprint density at radius 1 is 1.26 bits per heavy atom. The van der Waals surface area contributed by atoms with Crippen LogP contribution < -0.4 is 10.3 Å². The number of ether oxygens (including phenoxy) is 2. The molecule has 1 fully saturated rings. The summed E-state index contributed by atoms with van der Waals surface area (Å²) in [4.78, 5) is 16.3. The second kappa shape index (κ2) is 10.2. The Hall–Kier alpha value is -1.83. The maximum atomic E-state index is 12.7. The lowest BCUT2D eigenvalue weighted by atomic mass is 10.1. The van der Waals surface area contributed by atoms with Crippen LogP contribution in [0.2, 0.25) is 0 Å². The van der Waals surface area contributed by atoms with Crippen molar-refractivity contribution in [3.8, 4) is 17.0 Å². The van der Waals surface area contributed by atoms with E-state index in [9.17, 15) is 4.79 Å². The predicted molar refractivity (Wildman–Crippen MR) is 125 cm³/mol. The largest absolute Gasteiger partial charge is 0.494 e. The van der Waals surface area contributed by atoms with Crippen LogP contribution in [-0.2, 0) is 11.2 Å². The number of methoxy groups -OCH3 is 1. The summed E-state index contributed by atoms with van der Waals surface area (Å²) in [6.07, 6.45) is 4.32. The summed E-state index contributed by atoms with van der Waals surface area (Å²) in [6.45, 7) is 7.75. The maximum Gasteiger partial charge on any atom is 0.271 e. The Balaban J connectivity index is 1.38. The van der Waals surface area contributed by atoms with Crippen molar-refractivity contribution in [2.24, 2.45) is 0 Å². The van der Waals surface area contributed by atoms with E-state index in [1.54, 1.807) is 23.6 Å². The fraction of sp³-hybridized carbons (Fsp3) is 0.583. The van der Waals surface area contributed by atoms with Crippen molar-refractivity contribution in [2.45, 2.75) is 56.5 Å². The van der Waals surface area contributed by atoms with Gasteiger partial charge in [0.15, 0.2) is 0 Å². The Morgan fingerprint density at radius 3 is 2.81 bits per heavy atom. The highest BCUT2D eigenvalue weighted by Crippen LogP contribution is 2.37. The van der Waals surface area contributed by atoms with Gasteiger partial charge in [-0.25, -0.2) is 4.68 Å². The number of aromatic nitrogens is 2. The molecule has 1 atom stereocenters. The van der Waals surface area contributed by atoms with Crippen molar-refractivity contribution in [3.05, 3.63) is 40.2 Å². The lowest BCUT2D eigenvalue weighted by molar-refractivity contribution is 0.111. The van der Waals surface area contributed by atoms with Gasteiger partial charge in [-0.1, -0.05) is 0 Å². The van der Waals surface area contributed by atoms with Crippen LogP contribution in [-0.4, -0.2) is 59.9 Å². The molecule has 168 valence electrons. The molecule has 1 aromatic heterocycles. The normalized spacial score (nSPS) is 18.6. The third-order valence-electron chi connectivity index (χ3n) is 6.10. The van der Waals surface area contributed by atoms with Gasteiger partial charge in [0.25, 0.3) is 5.56 Å². The van der Waals surface area contributed by atoms with Crippen LogP contribution in [0.3, 0.4) is 0 Å². The molecule has 1 saturated heterocycles. The number of hydrogen-bond acceptors (Lipinski definition) is 6. The quantitative estimate of drug-likeness (QED) is 0.546. The Labute approximate surface area is 188 Å². The van der Waals surface area contributed by atoms with Gasteiger partial charge in [-0.05, 0) is 70.3 Å². The number of hydrogen-bond donors (Lipinski definition) is 0. The second-order valence-corrected chi connectivity index (χ2v) is 9.72. The fourth-order valence-electron chi connectivity index (χ4n) is 4.48. The van der Waals surface area contributed by atoms with Crippen LogP contribution in [0.5, 0.6) is 5.75 Å². The predicted octanol–water partition coefficient (Wildman–Crippen LogP) is 4.02. The molecule has 0 radical (unpaired) electrons. The Bertz CT molecular complexity index is 942. The molecule has 2 aromatic rings. The minimum absolute atomic E-state index is 0.0452. The van der Waals surface area contributed by atoms with E-state index in [1.165, 1.54) is 12.8 Å². The Morgan fingerprint density at radius 2 is 2.06 bits per heavy atom. The molecule has 3 heterocycles. The van der Waals surface area contributed by atoms with Crippen LogP contribution in [0.15, 0.2) is 34.0 Å². The number of rotatable bonds is 9. The first-order chi connectivity index (χ1) is 15.1. The maximum absolute atomic E-state index is 12.7. The molecule has 4 rings (SSSR count). The third-order valence-corrected chi connectivity index (χ3v) is 7.23. The number of benzene rings is 1. The number of fused-ring (bicyclic) bond motifs is 1. The first-order valence-electron chi connectivity index (χ1n) is 11.3. The van der Waals surface area contributed by atoms with Crippen LogP contribution in [0.25, 0.3) is 11.3 Å². The van der Waals surface area contributed by atoms with E-state index in [0.717, 1.165) is 65.8 Å². The summed E-state index contributed by atoms with van der Waals surface area (Å²) in [7, 11) is 1.78. The van der Waals surface area contributed by atoms with Gasteiger partial charge in [-0.3, -0.25) is 9.69 Å². The zero-order valence-corrected chi connectivity index (χ0v) is 19.6. The van der Waals surface area contributed by atoms with E-state index < -0.39 is 0 Å². The summed E-state index contributed by atoms with van der Waals surface area (Å²) in [5, 5.41) is 4.71. The topological polar surface area (TPSA) is 56.6 Å². The average molecular weight is 444 g/mol. The second-order valence-electron chi connectivity index (χ2n) is 8.61. The molecule has 0 amide bonds. The summed E-state index contributed by atoms with van der Waals surface area (Å²) in [5.41, 5.74) is 2.92. The van der Waals surface area contributed by atoms with Crippen LogP contribution >= 0.6 is 11.8 Å². The first kappa shape index (κ1) is 22.4. The van der Waals surface area contributed by atoms with Gasteiger partial charge in [0.1, 0.15) is 11.4 Å². The van der Waals surface area contributed by atoms with Crippen LogP contribution in [0.4, 0.5) is 0 Å². The molecule has 0 spiro atoms. The zero-order chi connectivity index (χ0) is 21.8.